The van der Waals surface area contributed by atoms with E-state index in [-0.39, 0.29) is 0 Å². The van der Waals surface area contributed by atoms with Crippen molar-refractivity contribution < 1.29 is 0 Å². The van der Waals surface area contributed by atoms with Gasteiger partial charge in [-0.15, -0.1) is 0 Å². The Labute approximate surface area is 193 Å². The van der Waals surface area contributed by atoms with Crippen LogP contribution in [-0.2, 0) is 6.42 Å². The molecule has 0 N–H and O–H groups in total. The van der Waals surface area contributed by atoms with Gasteiger partial charge in [0.15, 0.2) is 0 Å². The highest BCUT2D eigenvalue weighted by molar-refractivity contribution is 6.08. The number of rotatable bonds is 2. The Morgan fingerprint density at radius 3 is 2.09 bits per heavy atom. The number of benzene rings is 6. The minimum atomic E-state index is 1.01. The molecule has 0 heterocycles. The molecule has 0 heteroatoms. The molecule has 0 fully saturated rings. The van der Waals surface area contributed by atoms with Gasteiger partial charge in [0.1, 0.15) is 0 Å². The molecule has 0 amide bonds. The summed E-state index contributed by atoms with van der Waals surface area (Å²) in [7, 11) is 0. The second-order valence-corrected chi connectivity index (χ2v) is 8.97. The van der Waals surface area contributed by atoms with E-state index < -0.39 is 0 Å². The van der Waals surface area contributed by atoms with Crippen molar-refractivity contribution in [2.45, 2.75) is 6.42 Å². The van der Waals surface area contributed by atoms with Gasteiger partial charge in [0.05, 0.1) is 0 Å². The Balaban J connectivity index is 1.34. The van der Waals surface area contributed by atoms with Gasteiger partial charge in [-0.05, 0) is 84.6 Å². The van der Waals surface area contributed by atoms with Crippen LogP contribution in [0.4, 0.5) is 0 Å². The van der Waals surface area contributed by atoms with Gasteiger partial charge in [-0.2, -0.15) is 0 Å². The van der Waals surface area contributed by atoms with Crippen LogP contribution in [0.3, 0.4) is 0 Å². The van der Waals surface area contributed by atoms with Crippen molar-refractivity contribution in [1.29, 1.82) is 0 Å². The zero-order chi connectivity index (χ0) is 21.8. The topological polar surface area (TPSA) is 0 Å². The highest BCUT2D eigenvalue weighted by atomic mass is 14.2. The summed E-state index contributed by atoms with van der Waals surface area (Å²) in [6.45, 7) is 0. The summed E-state index contributed by atoms with van der Waals surface area (Å²) in [5.74, 6) is 0. The summed E-state index contributed by atoms with van der Waals surface area (Å²) in [6, 6.07) is 44.5. The highest BCUT2D eigenvalue weighted by Gasteiger charge is 2.21. The van der Waals surface area contributed by atoms with Crippen molar-refractivity contribution in [2.75, 3.05) is 0 Å². The van der Waals surface area contributed by atoms with E-state index in [1.165, 1.54) is 66.1 Å². The van der Waals surface area contributed by atoms with Gasteiger partial charge >= 0.3 is 0 Å². The maximum atomic E-state index is 2.35. The van der Waals surface area contributed by atoms with Crippen molar-refractivity contribution in [3.63, 3.8) is 0 Å². The van der Waals surface area contributed by atoms with Crippen molar-refractivity contribution in [1.82, 2.24) is 0 Å². The molecule has 0 bridgehead atoms. The first-order valence-corrected chi connectivity index (χ1v) is 11.6. The summed E-state index contributed by atoms with van der Waals surface area (Å²) in [5, 5.41) is 5.20. The van der Waals surface area contributed by atoms with E-state index in [4.69, 9.17) is 0 Å². The SMILES string of the molecule is c1cc(-c2ccc3c(ccc4ccccc43)c2)cc(-c2cccc3c2Cc2ccccc2-3)c1. The monoisotopic (exact) mass is 418 g/mol. The molecule has 1 aliphatic rings. The molecule has 33 heavy (non-hydrogen) atoms. The smallest absolute Gasteiger partial charge is 0.000729 e. The van der Waals surface area contributed by atoms with Crippen LogP contribution in [0.5, 0.6) is 0 Å². The maximum absolute atomic E-state index is 2.35. The first-order valence-electron chi connectivity index (χ1n) is 11.6. The predicted molar refractivity (Wildman–Crippen MR) is 141 cm³/mol. The molecule has 0 aliphatic heterocycles. The second-order valence-electron chi connectivity index (χ2n) is 8.97. The van der Waals surface area contributed by atoms with E-state index >= 15 is 0 Å². The lowest BCUT2D eigenvalue weighted by Crippen LogP contribution is -1.89. The van der Waals surface area contributed by atoms with E-state index in [1.807, 2.05) is 0 Å². The van der Waals surface area contributed by atoms with Crippen LogP contribution in [0, 0.1) is 0 Å². The summed E-state index contributed by atoms with van der Waals surface area (Å²) in [4.78, 5) is 0. The molecule has 0 unspecified atom stereocenters. The first kappa shape index (κ1) is 18.4. The summed E-state index contributed by atoms with van der Waals surface area (Å²) < 4.78 is 0. The normalized spacial score (nSPS) is 12.1. The van der Waals surface area contributed by atoms with Gasteiger partial charge in [-0.1, -0.05) is 109 Å². The van der Waals surface area contributed by atoms with Crippen LogP contribution < -0.4 is 0 Å². The summed E-state index contributed by atoms with van der Waals surface area (Å²) >= 11 is 0. The van der Waals surface area contributed by atoms with E-state index in [1.54, 1.807) is 0 Å². The van der Waals surface area contributed by atoms with E-state index in [9.17, 15) is 0 Å². The third-order valence-corrected chi connectivity index (χ3v) is 7.10. The molecule has 0 radical (unpaired) electrons. The fourth-order valence-corrected chi connectivity index (χ4v) is 5.49. The van der Waals surface area contributed by atoms with Crippen molar-refractivity contribution in [2.24, 2.45) is 0 Å². The lowest BCUT2D eigenvalue weighted by Gasteiger charge is -2.12. The molecule has 0 saturated carbocycles. The lowest BCUT2D eigenvalue weighted by atomic mass is 9.92. The molecule has 0 aromatic heterocycles. The van der Waals surface area contributed by atoms with Gasteiger partial charge < -0.3 is 0 Å². The van der Waals surface area contributed by atoms with Crippen molar-refractivity contribution in [3.05, 3.63) is 132 Å². The molecule has 6 aromatic carbocycles. The fraction of sp³-hybridized carbons (Fsp3) is 0.0303. The van der Waals surface area contributed by atoms with Crippen LogP contribution >= 0.6 is 0 Å². The highest BCUT2D eigenvalue weighted by Crippen LogP contribution is 2.42. The van der Waals surface area contributed by atoms with Gasteiger partial charge in [-0.3, -0.25) is 0 Å². The van der Waals surface area contributed by atoms with E-state index in [0.717, 1.165) is 6.42 Å². The number of hydrogen-bond acceptors (Lipinski definition) is 0. The molecular weight excluding hydrogens is 396 g/mol. The van der Waals surface area contributed by atoms with Gasteiger partial charge in [0.2, 0.25) is 0 Å². The second kappa shape index (κ2) is 7.18. The average Bonchev–Trinajstić information content (AvgIpc) is 3.27. The van der Waals surface area contributed by atoms with Gasteiger partial charge in [-0.25, -0.2) is 0 Å². The summed E-state index contributed by atoms with van der Waals surface area (Å²) in [5.41, 5.74) is 10.8. The van der Waals surface area contributed by atoms with Crippen LogP contribution in [0.15, 0.2) is 121 Å². The Morgan fingerprint density at radius 2 is 1.09 bits per heavy atom. The molecule has 154 valence electrons. The van der Waals surface area contributed by atoms with Gasteiger partial charge in [0, 0.05) is 0 Å². The third-order valence-electron chi connectivity index (χ3n) is 7.10. The fourth-order valence-electron chi connectivity index (χ4n) is 5.49. The molecule has 0 spiro atoms. The van der Waals surface area contributed by atoms with E-state index in [2.05, 4.69) is 121 Å². The zero-order valence-electron chi connectivity index (χ0n) is 18.3. The average molecular weight is 419 g/mol. The Morgan fingerprint density at radius 1 is 0.394 bits per heavy atom. The maximum Gasteiger partial charge on any atom is -0.000729 e. The van der Waals surface area contributed by atoms with Crippen LogP contribution in [-0.4, -0.2) is 0 Å². The predicted octanol–water partition coefficient (Wildman–Crippen LogP) is 8.90. The van der Waals surface area contributed by atoms with Crippen LogP contribution in [0.1, 0.15) is 11.1 Å². The van der Waals surface area contributed by atoms with Crippen LogP contribution in [0.2, 0.25) is 0 Å². The largest absolute Gasteiger partial charge is 0.0619 e. The minimum Gasteiger partial charge on any atom is -0.0619 e. The quantitative estimate of drug-likeness (QED) is 0.246. The molecule has 6 aromatic rings. The molecule has 0 nitrogen and oxygen atoms in total. The Kier molecular flexibility index (Phi) is 4.01. The van der Waals surface area contributed by atoms with Crippen molar-refractivity contribution >= 4 is 21.5 Å². The minimum absolute atomic E-state index is 1.01. The van der Waals surface area contributed by atoms with Crippen molar-refractivity contribution in [3.8, 4) is 33.4 Å². The van der Waals surface area contributed by atoms with Crippen LogP contribution in [0.25, 0.3) is 54.9 Å². The zero-order valence-corrected chi connectivity index (χ0v) is 18.3. The lowest BCUT2D eigenvalue weighted by molar-refractivity contribution is 1.26. The Hall–Kier alpha value is -4.16. The number of hydrogen-bond donors (Lipinski definition) is 0. The van der Waals surface area contributed by atoms with E-state index in [0.29, 0.717) is 0 Å². The Bertz CT molecular complexity index is 1690. The molecular formula is C33H22. The number of fused-ring (bicyclic) bond motifs is 6. The molecule has 7 rings (SSSR count). The molecule has 1 aliphatic carbocycles. The van der Waals surface area contributed by atoms with Gasteiger partial charge in [0.25, 0.3) is 0 Å². The molecule has 0 saturated heterocycles. The standard InChI is InChI=1S/C33H22/c1-3-11-28-22(7-1)15-16-27-20-24(17-18-31(27)28)23-9-5-10-25(19-23)30-13-6-14-32-29-12-4-2-8-26(29)21-33(30)32/h1-20H,21H2. The molecule has 0 atom stereocenters. The third kappa shape index (κ3) is 2.92. The first-order chi connectivity index (χ1) is 16.3. The summed E-state index contributed by atoms with van der Waals surface area (Å²) in [6.07, 6.45) is 1.01.